The Labute approximate surface area is 457 Å². The number of nitrogens with one attached hydrogen (secondary N) is 6. The van der Waals surface area contributed by atoms with E-state index >= 15 is 0 Å². The molecule has 2 aromatic rings. The molecule has 0 radical (unpaired) electrons. The number of esters is 2. The molecule has 4 heterocycles. The van der Waals surface area contributed by atoms with E-state index in [1.54, 1.807) is 90.1 Å². The van der Waals surface area contributed by atoms with Crippen LogP contribution in [0.5, 0.6) is 0 Å². The Morgan fingerprint density at radius 2 is 1.11 bits per heavy atom. The number of amides is 6. The lowest BCUT2D eigenvalue weighted by atomic mass is 10.0. The van der Waals surface area contributed by atoms with Crippen LogP contribution in [0.15, 0.2) is 81.9 Å². The Morgan fingerprint density at radius 3 is 1.48 bits per heavy atom. The molecule has 0 saturated carbocycles. The van der Waals surface area contributed by atoms with Crippen LogP contribution in [0.4, 0.5) is 0 Å². The number of pyridine rings is 2. The number of carbonyl (C=O) groups excluding carboxylic acids is 9. The van der Waals surface area contributed by atoms with Gasteiger partial charge in [-0.05, 0) is 99.6 Å². The van der Waals surface area contributed by atoms with Crippen LogP contribution in [0.3, 0.4) is 0 Å². The predicted octanol–water partition coefficient (Wildman–Crippen LogP) is 5.90. The second-order valence-electron chi connectivity index (χ2n) is 17.4. The van der Waals surface area contributed by atoms with Crippen molar-refractivity contribution in [3.63, 3.8) is 0 Å². The molecule has 6 amide bonds. The lowest BCUT2D eigenvalue weighted by molar-refractivity contribution is -0.153. The van der Waals surface area contributed by atoms with Crippen molar-refractivity contribution in [1.82, 2.24) is 41.9 Å². The number of rotatable bonds is 13. The summed E-state index contributed by atoms with van der Waals surface area (Å²) in [6.45, 7) is 12.3. The van der Waals surface area contributed by atoms with Crippen LogP contribution in [-0.4, -0.2) is 111 Å². The number of carbonyl (C=O) groups is 9. The third-order valence-electron chi connectivity index (χ3n) is 11.0. The van der Waals surface area contributed by atoms with E-state index in [2.05, 4.69) is 54.5 Å². The Kier molecular flexibility index (Phi) is 28.1. The molecular weight excluding hydrogens is 1040 g/mol. The molecule has 19 nitrogen and oxygen atoms in total. The normalized spacial score (nSPS) is 20.9. The third-order valence-corrected chi connectivity index (χ3v) is 13.8. The zero-order valence-corrected chi connectivity index (χ0v) is 47.2. The summed E-state index contributed by atoms with van der Waals surface area (Å²) in [5, 5.41) is 16.1. The molecule has 408 valence electrons. The highest BCUT2D eigenvalue weighted by Gasteiger charge is 2.32. The van der Waals surface area contributed by atoms with Crippen LogP contribution >= 0.6 is 47.9 Å². The van der Waals surface area contributed by atoms with Gasteiger partial charge in [-0.2, -0.15) is 12.6 Å². The number of hydrogen-bond acceptors (Lipinski definition) is 17. The molecule has 2 aliphatic heterocycles. The molecule has 4 rings (SSSR count). The number of thiol groups is 1. The van der Waals surface area contributed by atoms with Gasteiger partial charge in [0.1, 0.15) is 47.1 Å². The zero-order chi connectivity index (χ0) is 55.6. The quantitative estimate of drug-likeness (QED) is 0.0307. The molecule has 23 heteroatoms. The van der Waals surface area contributed by atoms with Gasteiger partial charge in [0, 0.05) is 22.0 Å². The fourth-order valence-corrected chi connectivity index (χ4v) is 8.98. The summed E-state index contributed by atoms with van der Waals surface area (Å²) < 4.78 is 11.3. The van der Waals surface area contributed by atoms with Gasteiger partial charge in [-0.15, -0.1) is 23.5 Å². The van der Waals surface area contributed by atoms with Crippen molar-refractivity contribution in [1.29, 1.82) is 0 Å². The van der Waals surface area contributed by atoms with Crippen molar-refractivity contribution in [2.45, 2.75) is 134 Å². The molecule has 4 bridgehead atoms. The minimum absolute atomic E-state index is 0.0173. The second kappa shape index (κ2) is 33.2. The number of nitrogens with zero attached hydrogens (tertiary/aromatic N) is 2. The van der Waals surface area contributed by atoms with Crippen LogP contribution in [-0.2, 0) is 56.1 Å². The van der Waals surface area contributed by atoms with Crippen molar-refractivity contribution in [2.75, 3.05) is 24.0 Å². The third kappa shape index (κ3) is 21.3. The molecule has 0 spiro atoms. The zero-order valence-electron chi connectivity index (χ0n) is 43.9. The number of cyclic esters (lactones) is 2. The number of hydrogen-bond donors (Lipinski definition) is 7. The lowest BCUT2D eigenvalue weighted by Crippen LogP contribution is -2.48. The minimum Gasteiger partial charge on any atom is -0.456 e. The van der Waals surface area contributed by atoms with Crippen LogP contribution in [0.25, 0.3) is 0 Å². The standard InChI is InChI=1S/C28H38N4O6S2.C24H32N4O5S2/c1-6-10-24(34)40-14-9-8-11-18-15-23(33)29-16-21-22(39-5)13-12-20(30-21)27(36)31-19(7-2)26(35)32-25(17(3)4)28(37)38-18;1-5-16-22(30)28-21(14(2)3)24(32)33-15(8-6-7-11-34)12-20(29)25-13-18-19(35-4)10-9-17(26-18)23(31)27-16/h7-8,11-13,17-18,25H,6,9-10,14-16H2,1-5H3,(H,29,33)(H,31,36)(H,32,35);5-6,8-10,14-15,21,34H,7,11-13H2,1-4H3,(H,25,29)(H,27,31)(H,28,30)/b11-8+,19-7-;8-6+,16-5-/t18-,25+;15-,21+/m11/s1. The van der Waals surface area contributed by atoms with E-state index in [0.29, 0.717) is 42.2 Å². The van der Waals surface area contributed by atoms with E-state index in [9.17, 15) is 43.2 Å². The summed E-state index contributed by atoms with van der Waals surface area (Å²) in [5.74, 6) is -4.06. The summed E-state index contributed by atoms with van der Waals surface area (Å²) in [5.41, 5.74) is 1.13. The topological polar surface area (TPSA) is 270 Å². The largest absolute Gasteiger partial charge is 0.456 e. The van der Waals surface area contributed by atoms with Crippen molar-refractivity contribution >= 4 is 100 Å². The van der Waals surface area contributed by atoms with Crippen molar-refractivity contribution in [3.8, 4) is 0 Å². The maximum Gasteiger partial charge on any atom is 0.329 e. The molecule has 2 aliphatic rings. The number of ether oxygens (including phenoxy) is 2. The smallest absolute Gasteiger partial charge is 0.329 e. The fraction of sp³-hybridized carbons (Fsp3) is 0.481. The van der Waals surface area contributed by atoms with Gasteiger partial charge in [-0.1, -0.05) is 70.7 Å². The Bertz CT molecular complexity index is 2500. The van der Waals surface area contributed by atoms with Gasteiger partial charge >= 0.3 is 11.9 Å². The Balaban J connectivity index is 0.000000399. The molecule has 75 heavy (non-hydrogen) atoms. The summed E-state index contributed by atoms with van der Waals surface area (Å²) >= 11 is 8.27. The van der Waals surface area contributed by atoms with Gasteiger partial charge < -0.3 is 41.4 Å². The van der Waals surface area contributed by atoms with Gasteiger partial charge in [0.05, 0.1) is 37.3 Å². The number of allylic oxidation sites excluding steroid dienone is 4. The molecule has 2 aromatic heterocycles. The number of fused-ring (bicyclic) bond motifs is 4. The second-order valence-corrected chi connectivity index (χ2v) is 20.7. The van der Waals surface area contributed by atoms with E-state index < -0.39 is 59.9 Å². The van der Waals surface area contributed by atoms with E-state index in [-0.39, 0.29) is 77.5 Å². The van der Waals surface area contributed by atoms with Crippen molar-refractivity contribution in [2.24, 2.45) is 11.8 Å². The number of aromatic nitrogens is 2. The monoisotopic (exact) mass is 1110 g/mol. The first kappa shape index (κ1) is 63.4. The highest BCUT2D eigenvalue weighted by atomic mass is 32.2. The summed E-state index contributed by atoms with van der Waals surface area (Å²) in [6.07, 6.45) is 14.0. The van der Waals surface area contributed by atoms with Crippen LogP contribution in [0, 0.1) is 11.8 Å². The highest BCUT2D eigenvalue weighted by molar-refractivity contribution is 8.13. The Hall–Kier alpha value is -5.91. The molecule has 4 atom stereocenters. The first-order valence-electron chi connectivity index (χ1n) is 24.5. The van der Waals surface area contributed by atoms with Gasteiger partial charge in [0.2, 0.25) is 11.8 Å². The average Bonchev–Trinajstić information content (AvgIpc) is 3.37. The predicted molar refractivity (Wildman–Crippen MR) is 294 cm³/mol. The van der Waals surface area contributed by atoms with Crippen LogP contribution < -0.4 is 31.9 Å². The van der Waals surface area contributed by atoms with Crippen LogP contribution in [0.2, 0.25) is 0 Å². The molecule has 0 aromatic carbocycles. The summed E-state index contributed by atoms with van der Waals surface area (Å²) in [6, 6.07) is 4.56. The van der Waals surface area contributed by atoms with Crippen molar-refractivity contribution in [3.05, 3.63) is 94.9 Å². The van der Waals surface area contributed by atoms with E-state index in [0.717, 1.165) is 16.2 Å². The SMILES string of the molecule is C/C=C1\NC(=O)c2ccc(SC)c(n2)CNC(=O)C[C@@H](/C=C/CCS)OC(=O)[C@H](C(C)C)NC1=O.C/C=C1\NC(=O)c2ccc(SC)c(n2)CNC(=O)C[C@@H](/C=C/CCSC(=O)CCC)OC(=O)[C@H](C(C)C)NC1=O. The molecule has 6 N–H and O–H groups in total. The molecule has 0 unspecified atom stereocenters. The van der Waals surface area contributed by atoms with Crippen molar-refractivity contribution < 1.29 is 52.6 Å². The van der Waals surface area contributed by atoms with E-state index in [1.807, 2.05) is 19.4 Å². The summed E-state index contributed by atoms with van der Waals surface area (Å²) in [7, 11) is 0. The highest BCUT2D eigenvalue weighted by Crippen LogP contribution is 2.22. The molecule has 0 saturated heterocycles. The molecule has 0 fully saturated rings. The maximum atomic E-state index is 13.2. The van der Waals surface area contributed by atoms with E-state index in [1.165, 1.54) is 47.4 Å². The molecular formula is C52H70N8O11S4. The van der Waals surface area contributed by atoms with Gasteiger partial charge in [0.25, 0.3) is 23.6 Å². The number of thioether (sulfide) groups is 3. The molecule has 0 aliphatic carbocycles. The van der Waals surface area contributed by atoms with Gasteiger partial charge in [0.15, 0.2) is 5.12 Å². The lowest BCUT2D eigenvalue weighted by Gasteiger charge is -2.24. The van der Waals surface area contributed by atoms with Gasteiger partial charge in [-0.25, -0.2) is 19.6 Å². The minimum atomic E-state index is -1.03. The fourth-order valence-electron chi connectivity index (χ4n) is 6.89. The average molecular weight is 1110 g/mol. The maximum absolute atomic E-state index is 13.2. The van der Waals surface area contributed by atoms with Crippen LogP contribution in [0.1, 0.15) is 119 Å². The van der Waals surface area contributed by atoms with Gasteiger partial charge in [-0.3, -0.25) is 33.6 Å². The van der Waals surface area contributed by atoms with E-state index in [4.69, 9.17) is 9.47 Å². The first-order valence-corrected chi connectivity index (χ1v) is 28.5. The first-order chi connectivity index (χ1) is 35.8. The summed E-state index contributed by atoms with van der Waals surface area (Å²) in [4.78, 5) is 125. The Morgan fingerprint density at radius 1 is 0.680 bits per heavy atom.